The maximum absolute atomic E-state index is 11.2. The van der Waals surface area contributed by atoms with Crippen molar-refractivity contribution in [2.24, 2.45) is 0 Å². The molecule has 1 unspecified atom stereocenters. The van der Waals surface area contributed by atoms with Crippen LogP contribution in [0.25, 0.3) is 0 Å². The molecule has 1 fully saturated rings. The summed E-state index contributed by atoms with van der Waals surface area (Å²) in [6.45, 7) is 3.82. The van der Waals surface area contributed by atoms with Crippen LogP contribution in [0.15, 0.2) is 23.0 Å². The number of esters is 2. The smallest absolute Gasteiger partial charge is 0.337 e. The topological polar surface area (TPSA) is 61.8 Å². The average Bonchev–Trinajstić information content (AvgIpc) is 2.76. The van der Waals surface area contributed by atoms with Gasteiger partial charge in [-0.1, -0.05) is 0 Å². The second-order valence-electron chi connectivity index (χ2n) is 3.71. The van der Waals surface area contributed by atoms with Gasteiger partial charge in [0.25, 0.3) is 6.29 Å². The van der Waals surface area contributed by atoms with Gasteiger partial charge in [0.1, 0.15) is 0 Å². The van der Waals surface area contributed by atoms with E-state index in [1.165, 1.54) is 6.26 Å². The van der Waals surface area contributed by atoms with Gasteiger partial charge in [0.2, 0.25) is 0 Å². The molecule has 0 N–H and O–H groups in total. The Morgan fingerprint density at radius 1 is 1.31 bits per heavy atom. The van der Waals surface area contributed by atoms with Gasteiger partial charge in [-0.05, 0) is 13.8 Å². The first-order valence-corrected chi connectivity index (χ1v) is 4.99. The SMILES string of the molecule is CC1=C(C)C(O/C=C2\CCOC2=O)OC1=O. The molecule has 2 aliphatic heterocycles. The summed E-state index contributed by atoms with van der Waals surface area (Å²) in [5.74, 6) is -0.752. The van der Waals surface area contributed by atoms with E-state index in [-0.39, 0.29) is 11.9 Å². The van der Waals surface area contributed by atoms with E-state index in [9.17, 15) is 9.59 Å². The number of rotatable bonds is 2. The summed E-state index contributed by atoms with van der Waals surface area (Å²) >= 11 is 0. The molecule has 0 aromatic carbocycles. The van der Waals surface area contributed by atoms with Crippen LogP contribution in [0.2, 0.25) is 0 Å². The molecule has 1 atom stereocenters. The Morgan fingerprint density at radius 3 is 2.56 bits per heavy atom. The lowest BCUT2D eigenvalue weighted by molar-refractivity contribution is -0.153. The average molecular weight is 224 g/mol. The highest BCUT2D eigenvalue weighted by Gasteiger charge is 2.29. The molecule has 0 amide bonds. The van der Waals surface area contributed by atoms with Crippen LogP contribution in [0, 0.1) is 0 Å². The van der Waals surface area contributed by atoms with Crippen molar-refractivity contribution in [2.75, 3.05) is 6.61 Å². The zero-order valence-electron chi connectivity index (χ0n) is 9.11. The van der Waals surface area contributed by atoms with Crippen molar-refractivity contribution in [3.8, 4) is 0 Å². The normalized spacial score (nSPS) is 27.4. The molecule has 5 heteroatoms. The molecule has 1 saturated heterocycles. The quantitative estimate of drug-likeness (QED) is 0.398. The summed E-state index contributed by atoms with van der Waals surface area (Å²) in [4.78, 5) is 22.3. The van der Waals surface area contributed by atoms with Crippen molar-refractivity contribution in [2.45, 2.75) is 26.6 Å². The van der Waals surface area contributed by atoms with Gasteiger partial charge < -0.3 is 14.2 Å². The van der Waals surface area contributed by atoms with Crippen molar-refractivity contribution in [3.05, 3.63) is 23.0 Å². The van der Waals surface area contributed by atoms with E-state index in [1.54, 1.807) is 13.8 Å². The van der Waals surface area contributed by atoms with E-state index in [2.05, 4.69) is 0 Å². The minimum Gasteiger partial charge on any atom is -0.462 e. The maximum Gasteiger partial charge on any atom is 0.337 e. The number of carbonyl (C=O) groups is 2. The Bertz CT molecular complexity index is 405. The Balaban J connectivity index is 2.02. The number of cyclic esters (lactones) is 2. The Kier molecular flexibility index (Phi) is 2.68. The Hall–Kier alpha value is -1.78. The van der Waals surface area contributed by atoms with Crippen LogP contribution < -0.4 is 0 Å². The Labute approximate surface area is 92.7 Å². The van der Waals surface area contributed by atoms with Crippen molar-refractivity contribution in [3.63, 3.8) is 0 Å². The summed E-state index contributed by atoms with van der Waals surface area (Å²) in [6.07, 6.45) is 1.13. The largest absolute Gasteiger partial charge is 0.462 e. The van der Waals surface area contributed by atoms with Crippen LogP contribution in [0.1, 0.15) is 20.3 Å². The summed E-state index contributed by atoms with van der Waals surface area (Å²) in [5.41, 5.74) is 1.75. The number of hydrogen-bond donors (Lipinski definition) is 0. The van der Waals surface area contributed by atoms with Crippen LogP contribution in [-0.4, -0.2) is 24.8 Å². The summed E-state index contributed by atoms with van der Waals surface area (Å²) in [6, 6.07) is 0. The third kappa shape index (κ3) is 1.80. The number of carbonyl (C=O) groups excluding carboxylic acids is 2. The van der Waals surface area contributed by atoms with Crippen molar-refractivity contribution in [1.82, 2.24) is 0 Å². The fraction of sp³-hybridized carbons (Fsp3) is 0.455. The van der Waals surface area contributed by atoms with Gasteiger partial charge in [-0.15, -0.1) is 0 Å². The van der Waals surface area contributed by atoms with E-state index in [4.69, 9.17) is 14.2 Å². The molecule has 0 saturated carbocycles. The van der Waals surface area contributed by atoms with Crippen molar-refractivity contribution < 1.29 is 23.8 Å². The van der Waals surface area contributed by atoms with Crippen LogP contribution >= 0.6 is 0 Å². The summed E-state index contributed by atoms with van der Waals surface area (Å²) in [7, 11) is 0. The van der Waals surface area contributed by atoms with Crippen LogP contribution in [0.3, 0.4) is 0 Å². The molecule has 0 radical (unpaired) electrons. The zero-order chi connectivity index (χ0) is 11.7. The van der Waals surface area contributed by atoms with Gasteiger partial charge in [-0.2, -0.15) is 0 Å². The lowest BCUT2D eigenvalue weighted by Gasteiger charge is -2.10. The standard InChI is InChI=1S/C11H12O5/c1-6-7(2)11(16-9(6)12)15-5-8-3-4-14-10(8)13/h5,11H,3-4H2,1-2H3/b8-5+. The summed E-state index contributed by atoms with van der Waals surface area (Å²) in [5, 5.41) is 0. The van der Waals surface area contributed by atoms with Gasteiger partial charge in [0, 0.05) is 17.6 Å². The molecular weight excluding hydrogens is 212 g/mol. The molecule has 86 valence electrons. The predicted octanol–water partition coefficient (Wildman–Crippen LogP) is 1.05. The highest BCUT2D eigenvalue weighted by atomic mass is 16.7. The van der Waals surface area contributed by atoms with E-state index in [1.807, 2.05) is 0 Å². The number of ether oxygens (including phenoxy) is 3. The van der Waals surface area contributed by atoms with E-state index < -0.39 is 6.29 Å². The molecular formula is C11H12O5. The third-order valence-electron chi connectivity index (χ3n) is 2.67. The summed E-state index contributed by atoms with van der Waals surface area (Å²) < 4.78 is 14.9. The highest BCUT2D eigenvalue weighted by molar-refractivity contribution is 5.91. The monoisotopic (exact) mass is 224 g/mol. The number of hydrogen-bond acceptors (Lipinski definition) is 5. The van der Waals surface area contributed by atoms with Crippen molar-refractivity contribution in [1.29, 1.82) is 0 Å². The maximum atomic E-state index is 11.2. The molecule has 5 nitrogen and oxygen atoms in total. The van der Waals surface area contributed by atoms with Gasteiger partial charge in [-0.3, -0.25) is 0 Å². The van der Waals surface area contributed by atoms with Gasteiger partial charge in [0.15, 0.2) is 0 Å². The zero-order valence-corrected chi connectivity index (χ0v) is 9.11. The van der Waals surface area contributed by atoms with Crippen LogP contribution in [0.5, 0.6) is 0 Å². The van der Waals surface area contributed by atoms with Gasteiger partial charge >= 0.3 is 11.9 Å². The first kappa shape index (κ1) is 10.7. The lowest BCUT2D eigenvalue weighted by atomic mass is 10.2. The molecule has 0 spiro atoms. The van der Waals surface area contributed by atoms with Crippen LogP contribution in [-0.2, 0) is 23.8 Å². The van der Waals surface area contributed by atoms with Crippen LogP contribution in [0.4, 0.5) is 0 Å². The molecule has 16 heavy (non-hydrogen) atoms. The first-order chi connectivity index (χ1) is 7.59. The Morgan fingerprint density at radius 2 is 2.06 bits per heavy atom. The van der Waals surface area contributed by atoms with Crippen molar-refractivity contribution >= 4 is 11.9 Å². The second kappa shape index (κ2) is 4.00. The third-order valence-corrected chi connectivity index (χ3v) is 2.67. The molecule has 2 aliphatic rings. The minimum atomic E-state index is -0.714. The van der Waals surface area contributed by atoms with E-state index >= 15 is 0 Å². The first-order valence-electron chi connectivity index (χ1n) is 4.99. The fourth-order valence-electron chi connectivity index (χ4n) is 1.44. The second-order valence-corrected chi connectivity index (χ2v) is 3.71. The molecule has 2 rings (SSSR count). The van der Waals surface area contributed by atoms with E-state index in [0.717, 1.165) is 5.57 Å². The predicted molar refractivity (Wildman–Crippen MR) is 53.0 cm³/mol. The lowest BCUT2D eigenvalue weighted by Crippen LogP contribution is -2.12. The van der Waals surface area contributed by atoms with Gasteiger partial charge in [-0.25, -0.2) is 9.59 Å². The minimum absolute atomic E-state index is 0.373. The molecule has 0 bridgehead atoms. The van der Waals surface area contributed by atoms with E-state index in [0.29, 0.717) is 24.2 Å². The molecule has 2 heterocycles. The highest BCUT2D eigenvalue weighted by Crippen LogP contribution is 2.24. The molecule has 0 aromatic rings. The molecule has 0 aromatic heterocycles. The molecule has 0 aliphatic carbocycles. The fourth-order valence-corrected chi connectivity index (χ4v) is 1.44. The van der Waals surface area contributed by atoms with Gasteiger partial charge in [0.05, 0.1) is 18.4 Å².